The van der Waals surface area contributed by atoms with E-state index in [1.165, 1.54) is 0 Å². The zero-order valence-corrected chi connectivity index (χ0v) is 13.5. The van der Waals surface area contributed by atoms with E-state index in [1.54, 1.807) is 7.11 Å². The van der Waals surface area contributed by atoms with Crippen molar-refractivity contribution >= 4 is 11.0 Å². The summed E-state index contributed by atoms with van der Waals surface area (Å²) in [5, 5.41) is 0. The number of ether oxygens (including phenoxy) is 1. The Morgan fingerprint density at radius 2 is 2.10 bits per heavy atom. The van der Waals surface area contributed by atoms with Crippen molar-refractivity contribution in [3.8, 4) is 5.75 Å². The predicted octanol–water partition coefficient (Wildman–Crippen LogP) is 2.41. The topological polar surface area (TPSA) is 56.3 Å². The fraction of sp³-hybridized carbons (Fsp3) is 0.562. The lowest BCUT2D eigenvalue weighted by atomic mass is 10.2. The summed E-state index contributed by atoms with van der Waals surface area (Å²) in [7, 11) is 5.84. The molecule has 5 nitrogen and oxygen atoms in total. The molecule has 116 valence electrons. The van der Waals surface area contributed by atoms with Gasteiger partial charge in [-0.15, -0.1) is 0 Å². The second-order valence-corrected chi connectivity index (χ2v) is 5.61. The van der Waals surface area contributed by atoms with Gasteiger partial charge in [-0.2, -0.15) is 0 Å². The summed E-state index contributed by atoms with van der Waals surface area (Å²) in [6, 6.07) is 6.35. The standard InChI is InChI=1S/C16H26N4O/c1-12(19(2)3)16-18-14-11-13(21-4)7-8-15(14)20(16)10-6-5-9-17/h7-8,11-12H,5-6,9-10,17H2,1-4H3. The minimum Gasteiger partial charge on any atom is -0.497 e. The Balaban J connectivity index is 2.45. The van der Waals surface area contributed by atoms with Crippen LogP contribution in [-0.4, -0.2) is 42.2 Å². The lowest BCUT2D eigenvalue weighted by Crippen LogP contribution is -2.21. The molecule has 2 aromatic rings. The lowest BCUT2D eigenvalue weighted by molar-refractivity contribution is 0.301. The average Bonchev–Trinajstić information content (AvgIpc) is 2.84. The second-order valence-electron chi connectivity index (χ2n) is 5.61. The Bertz CT molecular complexity index is 591. The number of hydrogen-bond acceptors (Lipinski definition) is 4. The number of aryl methyl sites for hydroxylation is 1. The Morgan fingerprint density at radius 3 is 2.71 bits per heavy atom. The molecule has 0 saturated carbocycles. The van der Waals surface area contributed by atoms with E-state index in [9.17, 15) is 0 Å². The van der Waals surface area contributed by atoms with Crippen molar-refractivity contribution in [1.29, 1.82) is 0 Å². The molecule has 0 aliphatic heterocycles. The third-order valence-electron chi connectivity index (χ3n) is 3.97. The molecule has 0 amide bonds. The molecule has 0 radical (unpaired) electrons. The van der Waals surface area contributed by atoms with Crippen molar-refractivity contribution in [2.45, 2.75) is 32.4 Å². The summed E-state index contributed by atoms with van der Waals surface area (Å²) in [5.41, 5.74) is 7.77. The number of nitrogens with zero attached hydrogens (tertiary/aromatic N) is 3. The largest absolute Gasteiger partial charge is 0.497 e. The molecule has 0 spiro atoms. The van der Waals surface area contributed by atoms with Gasteiger partial charge in [-0.05, 0) is 52.5 Å². The highest BCUT2D eigenvalue weighted by molar-refractivity contribution is 5.78. The summed E-state index contributed by atoms with van der Waals surface area (Å²) >= 11 is 0. The van der Waals surface area contributed by atoms with Gasteiger partial charge in [-0.1, -0.05) is 0 Å². The van der Waals surface area contributed by atoms with Gasteiger partial charge in [0, 0.05) is 12.6 Å². The van der Waals surface area contributed by atoms with Crippen molar-refractivity contribution in [1.82, 2.24) is 14.5 Å². The maximum Gasteiger partial charge on any atom is 0.126 e. The number of rotatable bonds is 7. The Kier molecular flexibility index (Phi) is 5.20. The van der Waals surface area contributed by atoms with Gasteiger partial charge in [0.25, 0.3) is 0 Å². The Hall–Kier alpha value is -1.59. The first kappa shape index (κ1) is 15.8. The molecule has 0 aliphatic carbocycles. The highest BCUT2D eigenvalue weighted by Gasteiger charge is 2.18. The molecule has 1 heterocycles. The van der Waals surface area contributed by atoms with Gasteiger partial charge < -0.3 is 15.0 Å². The van der Waals surface area contributed by atoms with Crippen LogP contribution in [0.2, 0.25) is 0 Å². The van der Waals surface area contributed by atoms with Gasteiger partial charge in [0.2, 0.25) is 0 Å². The Labute approximate surface area is 126 Å². The number of imidazole rings is 1. The molecule has 0 aliphatic rings. The van der Waals surface area contributed by atoms with E-state index in [2.05, 4.69) is 36.6 Å². The first-order chi connectivity index (χ1) is 10.1. The summed E-state index contributed by atoms with van der Waals surface area (Å²) in [5.74, 6) is 1.94. The van der Waals surface area contributed by atoms with Crippen LogP contribution in [0.1, 0.15) is 31.6 Å². The SMILES string of the molecule is COc1ccc2c(c1)nc(C(C)N(C)C)n2CCCCN. The number of fused-ring (bicyclic) bond motifs is 1. The number of unbranched alkanes of at least 4 members (excludes halogenated alkanes) is 1. The van der Waals surface area contributed by atoms with Gasteiger partial charge in [-0.25, -0.2) is 4.98 Å². The molecule has 0 bridgehead atoms. The fourth-order valence-corrected chi connectivity index (χ4v) is 2.45. The van der Waals surface area contributed by atoms with E-state index in [4.69, 9.17) is 15.5 Å². The third kappa shape index (κ3) is 3.36. The monoisotopic (exact) mass is 290 g/mol. The van der Waals surface area contributed by atoms with E-state index in [1.807, 2.05) is 12.1 Å². The molecular weight excluding hydrogens is 264 g/mol. The van der Waals surface area contributed by atoms with Crippen molar-refractivity contribution in [2.75, 3.05) is 27.7 Å². The quantitative estimate of drug-likeness (QED) is 0.796. The van der Waals surface area contributed by atoms with E-state index in [-0.39, 0.29) is 6.04 Å². The van der Waals surface area contributed by atoms with Crippen LogP contribution in [0.5, 0.6) is 5.75 Å². The van der Waals surface area contributed by atoms with E-state index in [0.29, 0.717) is 0 Å². The van der Waals surface area contributed by atoms with Crippen LogP contribution in [-0.2, 0) is 6.54 Å². The van der Waals surface area contributed by atoms with Crippen LogP contribution in [0.25, 0.3) is 11.0 Å². The highest BCUT2D eigenvalue weighted by Crippen LogP contribution is 2.26. The second kappa shape index (κ2) is 6.91. The summed E-state index contributed by atoms with van der Waals surface area (Å²) < 4.78 is 7.62. The van der Waals surface area contributed by atoms with Gasteiger partial charge in [0.05, 0.1) is 24.2 Å². The van der Waals surface area contributed by atoms with Crippen LogP contribution in [0, 0.1) is 0 Å². The Morgan fingerprint density at radius 1 is 1.33 bits per heavy atom. The molecule has 2 rings (SSSR count). The number of aromatic nitrogens is 2. The molecule has 1 aromatic carbocycles. The van der Waals surface area contributed by atoms with Crippen LogP contribution in [0.3, 0.4) is 0 Å². The molecular formula is C16H26N4O. The maximum atomic E-state index is 5.61. The van der Waals surface area contributed by atoms with E-state index >= 15 is 0 Å². The van der Waals surface area contributed by atoms with Crippen LogP contribution in [0.4, 0.5) is 0 Å². The molecule has 1 aromatic heterocycles. The maximum absolute atomic E-state index is 5.61. The normalized spacial score (nSPS) is 13.0. The van der Waals surface area contributed by atoms with Crippen molar-refractivity contribution < 1.29 is 4.74 Å². The third-order valence-corrected chi connectivity index (χ3v) is 3.97. The van der Waals surface area contributed by atoms with Crippen LogP contribution < -0.4 is 10.5 Å². The molecule has 0 fully saturated rings. The summed E-state index contributed by atoms with van der Waals surface area (Å²) in [6.45, 7) is 3.87. The van der Waals surface area contributed by atoms with E-state index < -0.39 is 0 Å². The van der Waals surface area contributed by atoms with Crippen LogP contribution >= 0.6 is 0 Å². The number of nitrogens with two attached hydrogens (primary N) is 1. The molecule has 0 saturated heterocycles. The van der Waals surface area contributed by atoms with Gasteiger partial charge in [0.15, 0.2) is 0 Å². The first-order valence-corrected chi connectivity index (χ1v) is 7.49. The van der Waals surface area contributed by atoms with Crippen molar-refractivity contribution in [2.24, 2.45) is 5.73 Å². The summed E-state index contributed by atoms with van der Waals surface area (Å²) in [6.07, 6.45) is 2.10. The predicted molar refractivity (Wildman–Crippen MR) is 86.7 cm³/mol. The van der Waals surface area contributed by atoms with Gasteiger partial charge >= 0.3 is 0 Å². The lowest BCUT2D eigenvalue weighted by Gasteiger charge is -2.20. The highest BCUT2D eigenvalue weighted by atomic mass is 16.5. The minimum atomic E-state index is 0.265. The molecule has 1 atom stereocenters. The van der Waals surface area contributed by atoms with Crippen molar-refractivity contribution in [3.63, 3.8) is 0 Å². The molecule has 5 heteroatoms. The smallest absolute Gasteiger partial charge is 0.126 e. The van der Waals surface area contributed by atoms with Crippen molar-refractivity contribution in [3.05, 3.63) is 24.0 Å². The number of hydrogen-bond donors (Lipinski definition) is 1. The zero-order chi connectivity index (χ0) is 15.4. The minimum absolute atomic E-state index is 0.265. The fourth-order valence-electron chi connectivity index (χ4n) is 2.45. The first-order valence-electron chi connectivity index (χ1n) is 7.49. The zero-order valence-electron chi connectivity index (χ0n) is 13.5. The van der Waals surface area contributed by atoms with E-state index in [0.717, 1.165) is 48.5 Å². The average molecular weight is 290 g/mol. The molecule has 21 heavy (non-hydrogen) atoms. The number of methoxy groups -OCH3 is 1. The molecule has 1 unspecified atom stereocenters. The van der Waals surface area contributed by atoms with Gasteiger partial charge in [0.1, 0.15) is 11.6 Å². The van der Waals surface area contributed by atoms with Crippen LogP contribution in [0.15, 0.2) is 18.2 Å². The summed E-state index contributed by atoms with van der Waals surface area (Å²) in [4.78, 5) is 7.01. The number of benzene rings is 1. The van der Waals surface area contributed by atoms with Gasteiger partial charge in [-0.3, -0.25) is 4.90 Å². The molecule has 2 N–H and O–H groups in total.